The lowest BCUT2D eigenvalue weighted by Crippen LogP contribution is -2.25. The number of nitrogens with zero attached hydrogens (tertiary/aromatic N) is 2. The summed E-state index contributed by atoms with van der Waals surface area (Å²) in [6.07, 6.45) is 3.78. The van der Waals surface area contributed by atoms with Crippen molar-refractivity contribution in [1.29, 1.82) is 0 Å². The van der Waals surface area contributed by atoms with E-state index in [1.54, 1.807) is 22.8 Å². The van der Waals surface area contributed by atoms with Crippen LogP contribution in [0.1, 0.15) is 66.3 Å². The highest BCUT2D eigenvalue weighted by atomic mass is 16.5. The number of amides is 1. The third kappa shape index (κ3) is 4.82. The van der Waals surface area contributed by atoms with E-state index in [-0.39, 0.29) is 17.0 Å². The van der Waals surface area contributed by atoms with Gasteiger partial charge in [0.25, 0.3) is 11.5 Å². The Morgan fingerprint density at radius 1 is 1.15 bits per heavy atom. The summed E-state index contributed by atoms with van der Waals surface area (Å²) in [5, 5.41) is 3.35. The molecule has 0 saturated carbocycles. The van der Waals surface area contributed by atoms with Gasteiger partial charge in [0.1, 0.15) is 5.82 Å². The first-order valence-corrected chi connectivity index (χ1v) is 11.4. The molecule has 172 valence electrons. The molecule has 0 bridgehead atoms. The molecule has 4 rings (SSSR count). The molecular weight excluding hydrogens is 418 g/mol. The Kier molecular flexibility index (Phi) is 6.58. The summed E-state index contributed by atoms with van der Waals surface area (Å²) in [5.41, 5.74) is 3.40. The molecule has 0 radical (unpaired) electrons. The fraction of sp³-hybridized carbons (Fsp3) is 0.385. The molecule has 33 heavy (non-hydrogen) atoms. The molecule has 1 aliphatic rings. The summed E-state index contributed by atoms with van der Waals surface area (Å²) < 4.78 is 7.00. The number of hydrogen-bond donors (Lipinski definition) is 1. The summed E-state index contributed by atoms with van der Waals surface area (Å²) in [5.74, 6) is -0.0270. The van der Waals surface area contributed by atoms with E-state index in [2.05, 4.69) is 24.1 Å². The van der Waals surface area contributed by atoms with Crippen LogP contribution < -0.4 is 10.9 Å². The van der Waals surface area contributed by atoms with E-state index in [4.69, 9.17) is 4.74 Å². The maximum Gasteiger partial charge on any atom is 0.338 e. The van der Waals surface area contributed by atoms with Gasteiger partial charge < -0.3 is 10.1 Å². The Morgan fingerprint density at radius 3 is 2.76 bits per heavy atom. The topological polar surface area (TPSA) is 90.3 Å². The minimum atomic E-state index is -0.627. The van der Waals surface area contributed by atoms with Crippen molar-refractivity contribution in [3.63, 3.8) is 0 Å². The summed E-state index contributed by atoms with van der Waals surface area (Å²) in [4.78, 5) is 42.6. The molecule has 0 spiro atoms. The molecule has 0 fully saturated rings. The van der Waals surface area contributed by atoms with Crippen molar-refractivity contribution in [1.82, 2.24) is 9.55 Å². The van der Waals surface area contributed by atoms with Crippen molar-refractivity contribution in [2.24, 2.45) is 0 Å². The first kappa shape index (κ1) is 22.7. The van der Waals surface area contributed by atoms with Gasteiger partial charge in [-0.1, -0.05) is 38.5 Å². The molecular formula is C26H29N3O4. The number of benzene rings is 2. The molecule has 2 aromatic carbocycles. The monoisotopic (exact) mass is 447 g/mol. The lowest BCUT2D eigenvalue weighted by Gasteiger charge is -2.16. The normalized spacial score (nSPS) is 13.5. The number of carbonyl (C=O) groups is 2. The van der Waals surface area contributed by atoms with Crippen LogP contribution >= 0.6 is 0 Å². The quantitative estimate of drug-likeness (QED) is 0.587. The number of nitrogens with one attached hydrogen (secondary N) is 1. The molecule has 2 heterocycles. The van der Waals surface area contributed by atoms with Gasteiger partial charge >= 0.3 is 5.97 Å². The van der Waals surface area contributed by atoms with E-state index in [1.165, 1.54) is 0 Å². The number of esters is 1. The lowest BCUT2D eigenvalue weighted by molar-refractivity contribution is -0.119. The van der Waals surface area contributed by atoms with Gasteiger partial charge in [-0.25, -0.2) is 9.78 Å². The highest BCUT2D eigenvalue weighted by molar-refractivity contribution is 5.98. The molecule has 0 aliphatic carbocycles. The van der Waals surface area contributed by atoms with Gasteiger partial charge in [0.15, 0.2) is 6.61 Å². The van der Waals surface area contributed by atoms with E-state index in [9.17, 15) is 14.4 Å². The smallest absolute Gasteiger partial charge is 0.338 e. The Balaban J connectivity index is 1.48. The Morgan fingerprint density at radius 2 is 1.97 bits per heavy atom. The Labute approximate surface area is 192 Å². The summed E-state index contributed by atoms with van der Waals surface area (Å²) in [6.45, 7) is 6.32. The average molecular weight is 448 g/mol. The summed E-state index contributed by atoms with van der Waals surface area (Å²) in [6, 6.07) is 10.6. The molecule has 0 atom stereocenters. The van der Waals surface area contributed by atoms with E-state index in [1.807, 2.05) is 25.1 Å². The molecule has 1 N–H and O–H groups in total. The molecule has 3 aromatic rings. The van der Waals surface area contributed by atoms with Crippen molar-refractivity contribution < 1.29 is 14.3 Å². The zero-order valence-corrected chi connectivity index (χ0v) is 19.3. The number of ether oxygens (including phenoxy) is 1. The van der Waals surface area contributed by atoms with Crippen LogP contribution in [0.4, 0.5) is 5.69 Å². The first-order valence-electron chi connectivity index (χ1n) is 11.4. The van der Waals surface area contributed by atoms with E-state index in [0.717, 1.165) is 48.3 Å². The third-order valence-corrected chi connectivity index (χ3v) is 6.08. The van der Waals surface area contributed by atoms with Crippen molar-refractivity contribution in [3.8, 4) is 0 Å². The zero-order chi connectivity index (χ0) is 23.5. The highest BCUT2D eigenvalue weighted by Crippen LogP contribution is 2.27. The number of anilines is 1. The fourth-order valence-corrected chi connectivity index (χ4v) is 4.28. The van der Waals surface area contributed by atoms with E-state index < -0.39 is 18.5 Å². The van der Waals surface area contributed by atoms with Gasteiger partial charge in [-0.3, -0.25) is 14.2 Å². The largest absolute Gasteiger partial charge is 0.452 e. The van der Waals surface area contributed by atoms with Crippen LogP contribution in [0.3, 0.4) is 0 Å². The van der Waals surface area contributed by atoms with Gasteiger partial charge in [0.05, 0.1) is 16.5 Å². The minimum Gasteiger partial charge on any atom is -0.452 e. The summed E-state index contributed by atoms with van der Waals surface area (Å²) in [7, 11) is 0. The van der Waals surface area contributed by atoms with Crippen molar-refractivity contribution in [3.05, 3.63) is 69.3 Å². The predicted molar refractivity (Wildman–Crippen MR) is 128 cm³/mol. The second-order valence-corrected chi connectivity index (χ2v) is 8.85. The molecule has 7 nitrogen and oxygen atoms in total. The van der Waals surface area contributed by atoms with Crippen molar-refractivity contribution in [2.45, 2.75) is 58.9 Å². The Bertz CT molecular complexity index is 1280. The minimum absolute atomic E-state index is 0.0737. The second kappa shape index (κ2) is 9.57. The number of aryl methyl sites for hydroxylation is 2. The zero-order valence-electron chi connectivity index (χ0n) is 19.3. The highest BCUT2D eigenvalue weighted by Gasteiger charge is 2.17. The molecule has 0 unspecified atom stereocenters. The molecule has 0 saturated heterocycles. The number of carbonyl (C=O) groups excluding carboxylic acids is 2. The van der Waals surface area contributed by atoms with Crippen LogP contribution in [0.15, 0.2) is 41.2 Å². The third-order valence-electron chi connectivity index (χ3n) is 6.08. The van der Waals surface area contributed by atoms with Crippen LogP contribution in [0, 0.1) is 6.92 Å². The maximum atomic E-state index is 12.9. The lowest BCUT2D eigenvalue weighted by atomic mass is 9.98. The van der Waals surface area contributed by atoms with Crippen molar-refractivity contribution in [2.75, 3.05) is 11.9 Å². The van der Waals surface area contributed by atoms with Gasteiger partial charge in [-0.05, 0) is 55.0 Å². The summed E-state index contributed by atoms with van der Waals surface area (Å²) >= 11 is 0. The van der Waals surface area contributed by atoms with Gasteiger partial charge in [-0.15, -0.1) is 0 Å². The van der Waals surface area contributed by atoms with Crippen LogP contribution in [0.25, 0.3) is 10.9 Å². The number of rotatable bonds is 5. The number of hydrogen-bond acceptors (Lipinski definition) is 5. The molecule has 7 heteroatoms. The van der Waals surface area contributed by atoms with Crippen LogP contribution in [-0.4, -0.2) is 28.0 Å². The van der Waals surface area contributed by atoms with Gasteiger partial charge in [-0.2, -0.15) is 0 Å². The van der Waals surface area contributed by atoms with Gasteiger partial charge in [0, 0.05) is 18.7 Å². The number of aromatic nitrogens is 2. The number of para-hydroxylation sites is 1. The van der Waals surface area contributed by atoms with Crippen LogP contribution in [0.2, 0.25) is 0 Å². The van der Waals surface area contributed by atoms with Crippen LogP contribution in [-0.2, 0) is 22.5 Å². The average Bonchev–Trinajstić information content (AvgIpc) is 3.04. The molecule has 1 aliphatic heterocycles. The SMILES string of the molecule is Cc1cccc(C(C)C)c1NC(=O)COC(=O)c1ccc2c(=O)n3c(nc2c1)CCCCC3. The Hall–Kier alpha value is -3.48. The predicted octanol–water partition coefficient (Wildman–Crippen LogP) is 4.35. The molecule has 1 aromatic heterocycles. The first-order chi connectivity index (χ1) is 15.8. The van der Waals surface area contributed by atoms with Crippen molar-refractivity contribution >= 4 is 28.5 Å². The van der Waals surface area contributed by atoms with E-state index >= 15 is 0 Å². The fourth-order valence-electron chi connectivity index (χ4n) is 4.28. The second-order valence-electron chi connectivity index (χ2n) is 8.85. The van der Waals surface area contributed by atoms with E-state index in [0.29, 0.717) is 17.4 Å². The maximum absolute atomic E-state index is 12.9. The standard InChI is InChI=1S/C26H29N3O4/c1-16(2)19-9-7-8-17(3)24(19)28-23(30)15-33-26(32)18-11-12-20-21(14-18)27-22-10-5-4-6-13-29(22)25(20)31/h7-9,11-12,14,16H,4-6,10,13,15H2,1-3H3,(H,28,30). The molecule has 1 amide bonds. The van der Waals surface area contributed by atoms with Gasteiger partial charge in [0.2, 0.25) is 0 Å². The number of fused-ring (bicyclic) bond motifs is 2. The van der Waals surface area contributed by atoms with Crippen LogP contribution in [0.5, 0.6) is 0 Å².